The number of hydrogen-bond acceptors (Lipinski definition) is 8. The first-order valence-corrected chi connectivity index (χ1v) is 12.0. The van der Waals surface area contributed by atoms with E-state index in [1.54, 1.807) is 11.8 Å². The van der Waals surface area contributed by atoms with Crippen LogP contribution in [0.25, 0.3) is 11.5 Å². The topological polar surface area (TPSA) is 82.1 Å². The van der Waals surface area contributed by atoms with E-state index >= 15 is 0 Å². The van der Waals surface area contributed by atoms with E-state index in [2.05, 4.69) is 36.8 Å². The molecule has 0 amide bonds. The number of aromatic nitrogens is 5. The monoisotopic (exact) mass is 440 g/mol. The lowest BCUT2D eigenvalue weighted by atomic mass is 10.00. The van der Waals surface area contributed by atoms with Crippen molar-refractivity contribution in [2.45, 2.75) is 56.2 Å². The van der Waals surface area contributed by atoms with Crippen LogP contribution in [0.1, 0.15) is 38.5 Å². The van der Waals surface area contributed by atoms with Gasteiger partial charge in [0, 0.05) is 25.3 Å². The van der Waals surface area contributed by atoms with Crippen molar-refractivity contribution in [3.05, 3.63) is 36.2 Å². The third-order valence-electron chi connectivity index (χ3n) is 5.99. The lowest BCUT2D eigenvalue weighted by molar-refractivity contribution is 0.0951. The first-order chi connectivity index (χ1) is 15.3. The molecule has 164 valence electrons. The molecular formula is C22H28N6O2S. The van der Waals surface area contributed by atoms with Crippen molar-refractivity contribution >= 4 is 17.7 Å². The van der Waals surface area contributed by atoms with Crippen LogP contribution in [0.3, 0.4) is 0 Å². The maximum absolute atomic E-state index is 5.91. The second-order valence-electron chi connectivity index (χ2n) is 8.35. The predicted molar refractivity (Wildman–Crippen MR) is 119 cm³/mol. The normalized spacial score (nSPS) is 19.9. The molecule has 9 heteroatoms. The van der Waals surface area contributed by atoms with E-state index in [9.17, 15) is 0 Å². The Morgan fingerprint density at radius 2 is 1.87 bits per heavy atom. The second kappa shape index (κ2) is 9.40. The summed E-state index contributed by atoms with van der Waals surface area (Å²) in [5.74, 6) is 3.42. The van der Waals surface area contributed by atoms with Crippen molar-refractivity contribution in [1.29, 1.82) is 0 Å². The zero-order chi connectivity index (χ0) is 21.0. The van der Waals surface area contributed by atoms with Gasteiger partial charge in [-0.3, -0.25) is 4.57 Å². The van der Waals surface area contributed by atoms with Crippen LogP contribution >= 0.6 is 11.8 Å². The molecule has 0 radical (unpaired) electrons. The van der Waals surface area contributed by atoms with Gasteiger partial charge in [0.2, 0.25) is 17.7 Å². The highest BCUT2D eigenvalue weighted by molar-refractivity contribution is 7.98. The molecule has 4 heterocycles. The van der Waals surface area contributed by atoms with E-state index in [0.717, 1.165) is 61.7 Å². The first kappa shape index (κ1) is 20.5. The Bertz CT molecular complexity index is 977. The number of thioether (sulfide) groups is 1. The molecule has 2 fully saturated rings. The van der Waals surface area contributed by atoms with Crippen LogP contribution in [0.15, 0.2) is 39.9 Å². The van der Waals surface area contributed by atoms with Crippen LogP contribution in [0, 0.1) is 5.92 Å². The molecule has 5 rings (SSSR count). The molecule has 1 atom stereocenters. The van der Waals surface area contributed by atoms with Crippen LogP contribution in [0.5, 0.6) is 0 Å². The summed E-state index contributed by atoms with van der Waals surface area (Å²) in [6, 6.07) is 9.83. The van der Waals surface area contributed by atoms with Crippen LogP contribution < -0.4 is 4.90 Å². The molecule has 1 aromatic carbocycles. The van der Waals surface area contributed by atoms with Gasteiger partial charge in [0.25, 0.3) is 0 Å². The summed E-state index contributed by atoms with van der Waals surface area (Å²) in [7, 11) is 0. The molecule has 0 bridgehead atoms. The summed E-state index contributed by atoms with van der Waals surface area (Å²) in [5.41, 5.74) is 0.925. The van der Waals surface area contributed by atoms with Crippen molar-refractivity contribution < 1.29 is 9.15 Å². The minimum atomic E-state index is 0.228. The van der Waals surface area contributed by atoms with Gasteiger partial charge in [-0.1, -0.05) is 36.9 Å². The van der Waals surface area contributed by atoms with Crippen molar-refractivity contribution in [2.24, 2.45) is 5.92 Å². The maximum Gasteiger partial charge on any atom is 0.247 e. The number of nitrogens with zero attached hydrogens (tertiary/aromatic N) is 6. The van der Waals surface area contributed by atoms with Crippen LogP contribution in [-0.2, 0) is 17.0 Å². The van der Waals surface area contributed by atoms with Gasteiger partial charge in [-0.25, -0.2) is 0 Å². The minimum Gasteiger partial charge on any atom is -0.420 e. The molecule has 2 aliphatic heterocycles. The summed E-state index contributed by atoms with van der Waals surface area (Å²) in [6.45, 7) is 6.01. The zero-order valence-electron chi connectivity index (χ0n) is 17.8. The molecule has 2 aliphatic rings. The molecular weight excluding hydrogens is 412 g/mol. The third-order valence-corrected chi connectivity index (χ3v) is 6.94. The molecule has 0 saturated carbocycles. The van der Waals surface area contributed by atoms with Crippen molar-refractivity contribution in [1.82, 2.24) is 25.0 Å². The number of hydrogen-bond donors (Lipinski definition) is 0. The van der Waals surface area contributed by atoms with E-state index in [4.69, 9.17) is 9.15 Å². The molecule has 0 spiro atoms. The molecule has 31 heavy (non-hydrogen) atoms. The summed E-state index contributed by atoms with van der Waals surface area (Å²) in [4.78, 5) is 2.37. The smallest absolute Gasteiger partial charge is 0.247 e. The van der Waals surface area contributed by atoms with Crippen LogP contribution in [-0.4, -0.2) is 50.8 Å². The molecule has 3 aromatic rings. The lowest BCUT2D eigenvalue weighted by Gasteiger charge is -2.31. The molecule has 0 unspecified atom stereocenters. The summed E-state index contributed by atoms with van der Waals surface area (Å²) in [6.07, 6.45) is 4.82. The van der Waals surface area contributed by atoms with Gasteiger partial charge in [0.15, 0.2) is 5.16 Å². The standard InChI is InChI=1S/C22H28N6O2S/c1-16-9-11-27(12-10-16)21-25-26-22(28(21)14-18-8-5-13-29-18)31-15-19-23-24-20(30-19)17-6-3-2-4-7-17/h2-4,6-7,16,18H,5,8-15H2,1H3/t18-/m1/s1. The van der Waals surface area contributed by atoms with E-state index in [1.807, 2.05) is 30.3 Å². The van der Waals surface area contributed by atoms with Gasteiger partial charge >= 0.3 is 0 Å². The fourth-order valence-electron chi connectivity index (χ4n) is 4.12. The van der Waals surface area contributed by atoms with Gasteiger partial charge < -0.3 is 14.1 Å². The molecule has 8 nitrogen and oxygen atoms in total. The first-order valence-electron chi connectivity index (χ1n) is 11.1. The van der Waals surface area contributed by atoms with Gasteiger partial charge in [0.1, 0.15) is 0 Å². The molecule has 2 saturated heterocycles. The van der Waals surface area contributed by atoms with E-state index < -0.39 is 0 Å². The number of anilines is 1. The van der Waals surface area contributed by atoms with Crippen molar-refractivity contribution in [3.8, 4) is 11.5 Å². The quantitative estimate of drug-likeness (QED) is 0.509. The molecule has 0 aliphatic carbocycles. The summed E-state index contributed by atoms with van der Waals surface area (Å²) >= 11 is 1.59. The fourth-order valence-corrected chi connectivity index (χ4v) is 4.90. The Morgan fingerprint density at radius 3 is 2.65 bits per heavy atom. The number of ether oxygens (including phenoxy) is 1. The number of piperidine rings is 1. The Balaban J connectivity index is 1.31. The summed E-state index contributed by atoms with van der Waals surface area (Å²) < 4.78 is 14.0. The zero-order valence-corrected chi connectivity index (χ0v) is 18.6. The lowest BCUT2D eigenvalue weighted by Crippen LogP contribution is -2.35. The predicted octanol–water partition coefficient (Wildman–Crippen LogP) is 4.04. The van der Waals surface area contributed by atoms with Crippen LogP contribution in [0.2, 0.25) is 0 Å². The third kappa shape index (κ3) is 4.77. The highest BCUT2D eigenvalue weighted by Crippen LogP contribution is 2.30. The van der Waals surface area contributed by atoms with Gasteiger partial charge in [0.05, 0.1) is 18.4 Å². The molecule has 0 N–H and O–H groups in total. The van der Waals surface area contributed by atoms with Gasteiger partial charge in [-0.15, -0.1) is 20.4 Å². The molecule has 2 aromatic heterocycles. The Morgan fingerprint density at radius 1 is 1.03 bits per heavy atom. The van der Waals surface area contributed by atoms with Crippen LogP contribution in [0.4, 0.5) is 5.95 Å². The SMILES string of the molecule is CC1CCN(c2nnc(SCc3nnc(-c4ccccc4)o3)n2C[C@H]2CCCO2)CC1. The van der Waals surface area contributed by atoms with E-state index in [1.165, 1.54) is 12.8 Å². The summed E-state index contributed by atoms with van der Waals surface area (Å²) in [5, 5.41) is 18.4. The average molecular weight is 441 g/mol. The van der Waals surface area contributed by atoms with Gasteiger partial charge in [-0.05, 0) is 43.7 Å². The number of benzene rings is 1. The van der Waals surface area contributed by atoms with Crippen molar-refractivity contribution in [3.63, 3.8) is 0 Å². The minimum absolute atomic E-state index is 0.228. The largest absolute Gasteiger partial charge is 0.420 e. The Hall–Kier alpha value is -2.39. The maximum atomic E-state index is 5.91. The Labute approximate surface area is 186 Å². The second-order valence-corrected chi connectivity index (χ2v) is 9.30. The average Bonchev–Trinajstić information content (AvgIpc) is 3.56. The Kier molecular flexibility index (Phi) is 6.22. The van der Waals surface area contributed by atoms with Crippen molar-refractivity contribution in [2.75, 3.05) is 24.6 Å². The highest BCUT2D eigenvalue weighted by atomic mass is 32.2. The van der Waals surface area contributed by atoms with Gasteiger partial charge in [-0.2, -0.15) is 0 Å². The van der Waals surface area contributed by atoms with E-state index in [0.29, 0.717) is 17.5 Å². The fraction of sp³-hybridized carbons (Fsp3) is 0.545. The van der Waals surface area contributed by atoms with E-state index in [-0.39, 0.29) is 6.10 Å². The number of rotatable bonds is 7. The highest BCUT2D eigenvalue weighted by Gasteiger charge is 2.26.